The molecule has 6 heteroatoms. The molecule has 0 bridgehead atoms. The molecule has 2 N–H and O–H groups in total. The van der Waals surface area contributed by atoms with Gasteiger partial charge in [-0.05, 0) is 52.2 Å². The van der Waals surface area contributed by atoms with Crippen LogP contribution in [0.3, 0.4) is 0 Å². The molecule has 0 aliphatic rings. The average Bonchev–Trinajstić information content (AvgIpc) is 2.96. The summed E-state index contributed by atoms with van der Waals surface area (Å²) >= 11 is 5.19. The number of nitrogens with zero attached hydrogens (tertiary/aromatic N) is 1. The zero-order valence-corrected chi connectivity index (χ0v) is 15.1. The molecule has 4 nitrogen and oxygen atoms in total. The van der Waals surface area contributed by atoms with Crippen LogP contribution >= 0.6 is 27.3 Å². The van der Waals surface area contributed by atoms with Crippen molar-refractivity contribution >= 4 is 33.2 Å². The Morgan fingerprint density at radius 1 is 1.18 bits per heavy atom. The summed E-state index contributed by atoms with van der Waals surface area (Å²) in [6.07, 6.45) is 0.940. The van der Waals surface area contributed by atoms with Crippen LogP contribution in [0.2, 0.25) is 0 Å². The maximum atomic E-state index is 5.16. The van der Waals surface area contributed by atoms with E-state index in [-0.39, 0.29) is 0 Å². The van der Waals surface area contributed by atoms with Gasteiger partial charge in [-0.1, -0.05) is 12.1 Å². The minimum absolute atomic E-state index is 0.776. The number of hydrogen-bond donors (Lipinski definition) is 2. The SMILES string of the molecule is CN=C(NCCc1ccc(OC)cc1)NCc1ccc(Br)s1. The first-order valence-corrected chi connectivity index (χ1v) is 8.64. The van der Waals surface area contributed by atoms with Crippen LogP contribution in [0.4, 0.5) is 0 Å². The van der Waals surface area contributed by atoms with E-state index < -0.39 is 0 Å². The molecule has 118 valence electrons. The number of ether oxygens (including phenoxy) is 1. The lowest BCUT2D eigenvalue weighted by atomic mass is 10.1. The van der Waals surface area contributed by atoms with Crippen molar-refractivity contribution in [3.8, 4) is 5.75 Å². The Hall–Kier alpha value is -1.53. The number of hydrogen-bond acceptors (Lipinski definition) is 3. The second kappa shape index (κ2) is 8.80. The number of nitrogens with one attached hydrogen (secondary N) is 2. The van der Waals surface area contributed by atoms with Gasteiger partial charge in [-0.2, -0.15) is 0 Å². The molecule has 22 heavy (non-hydrogen) atoms. The van der Waals surface area contributed by atoms with Crippen LogP contribution in [0, 0.1) is 0 Å². The number of benzene rings is 1. The van der Waals surface area contributed by atoms with Gasteiger partial charge in [0.05, 0.1) is 17.4 Å². The molecule has 2 rings (SSSR count). The molecule has 0 radical (unpaired) electrons. The minimum Gasteiger partial charge on any atom is -0.497 e. The lowest BCUT2D eigenvalue weighted by molar-refractivity contribution is 0.414. The molecule has 0 saturated heterocycles. The largest absolute Gasteiger partial charge is 0.497 e. The lowest BCUT2D eigenvalue weighted by Crippen LogP contribution is -2.37. The first kappa shape index (κ1) is 16.8. The highest BCUT2D eigenvalue weighted by molar-refractivity contribution is 9.11. The highest BCUT2D eigenvalue weighted by Gasteiger charge is 2.01. The van der Waals surface area contributed by atoms with E-state index in [0.717, 1.165) is 35.0 Å². The molecule has 1 aromatic carbocycles. The normalized spacial score (nSPS) is 11.3. The fourth-order valence-electron chi connectivity index (χ4n) is 1.96. The lowest BCUT2D eigenvalue weighted by Gasteiger charge is -2.11. The number of rotatable bonds is 6. The van der Waals surface area contributed by atoms with E-state index in [1.54, 1.807) is 25.5 Å². The third kappa shape index (κ3) is 5.35. The number of thiophene rings is 1. The summed E-state index contributed by atoms with van der Waals surface area (Å²) in [5.41, 5.74) is 1.27. The summed E-state index contributed by atoms with van der Waals surface area (Å²) in [4.78, 5) is 5.50. The van der Waals surface area contributed by atoms with E-state index >= 15 is 0 Å². The highest BCUT2D eigenvalue weighted by atomic mass is 79.9. The number of halogens is 1. The predicted octanol–water partition coefficient (Wildman–Crippen LogP) is 3.43. The van der Waals surface area contributed by atoms with Crippen molar-refractivity contribution in [2.45, 2.75) is 13.0 Å². The Morgan fingerprint density at radius 3 is 2.55 bits per heavy atom. The molecule has 0 atom stereocenters. The van der Waals surface area contributed by atoms with Crippen molar-refractivity contribution in [1.82, 2.24) is 10.6 Å². The van der Waals surface area contributed by atoms with Crippen LogP contribution in [0.5, 0.6) is 5.75 Å². The Labute approximate surface area is 143 Å². The van der Waals surface area contributed by atoms with E-state index in [0.29, 0.717) is 0 Å². The summed E-state index contributed by atoms with van der Waals surface area (Å²) in [6.45, 7) is 1.61. The van der Waals surface area contributed by atoms with Crippen LogP contribution in [0.1, 0.15) is 10.4 Å². The van der Waals surface area contributed by atoms with Crippen molar-refractivity contribution in [2.24, 2.45) is 4.99 Å². The predicted molar refractivity (Wildman–Crippen MR) is 96.9 cm³/mol. The van der Waals surface area contributed by atoms with Gasteiger partial charge in [0.1, 0.15) is 5.75 Å². The van der Waals surface area contributed by atoms with Crippen molar-refractivity contribution in [3.05, 3.63) is 50.6 Å². The van der Waals surface area contributed by atoms with Crippen LogP contribution < -0.4 is 15.4 Å². The summed E-state index contributed by atoms with van der Waals surface area (Å²) < 4.78 is 6.30. The number of aliphatic imine (C=N–C) groups is 1. The summed E-state index contributed by atoms with van der Waals surface area (Å²) in [5, 5.41) is 6.64. The van der Waals surface area contributed by atoms with Crippen molar-refractivity contribution < 1.29 is 4.74 Å². The van der Waals surface area contributed by atoms with E-state index in [9.17, 15) is 0 Å². The second-order valence-corrected chi connectivity index (χ2v) is 7.20. The Bertz CT molecular complexity index is 610. The molecule has 0 amide bonds. The van der Waals surface area contributed by atoms with Gasteiger partial charge in [-0.3, -0.25) is 4.99 Å². The molecule has 0 aliphatic carbocycles. The fraction of sp³-hybridized carbons (Fsp3) is 0.312. The Morgan fingerprint density at radius 2 is 1.95 bits per heavy atom. The highest BCUT2D eigenvalue weighted by Crippen LogP contribution is 2.21. The van der Waals surface area contributed by atoms with Crippen molar-refractivity contribution in [2.75, 3.05) is 20.7 Å². The first-order chi connectivity index (χ1) is 10.7. The monoisotopic (exact) mass is 381 g/mol. The zero-order valence-electron chi connectivity index (χ0n) is 12.7. The van der Waals surface area contributed by atoms with Gasteiger partial charge in [0, 0.05) is 18.5 Å². The Kier molecular flexibility index (Phi) is 6.74. The molecule has 0 aliphatic heterocycles. The Balaban J connectivity index is 1.73. The molecule has 1 heterocycles. The van der Waals surface area contributed by atoms with Crippen LogP contribution in [-0.2, 0) is 13.0 Å². The summed E-state index contributed by atoms with van der Waals surface area (Å²) in [5.74, 6) is 1.70. The third-order valence-corrected chi connectivity index (χ3v) is 4.77. The molecular formula is C16H20BrN3OS. The maximum absolute atomic E-state index is 5.16. The first-order valence-electron chi connectivity index (χ1n) is 7.03. The van der Waals surface area contributed by atoms with Crippen molar-refractivity contribution in [1.29, 1.82) is 0 Å². The molecule has 0 fully saturated rings. The van der Waals surface area contributed by atoms with Gasteiger partial charge >= 0.3 is 0 Å². The molecule has 0 spiro atoms. The maximum Gasteiger partial charge on any atom is 0.191 e. The van der Waals surface area contributed by atoms with Gasteiger partial charge in [0.25, 0.3) is 0 Å². The van der Waals surface area contributed by atoms with E-state index in [4.69, 9.17) is 4.74 Å². The second-order valence-electron chi connectivity index (χ2n) is 4.66. The van der Waals surface area contributed by atoms with E-state index in [1.807, 2.05) is 12.1 Å². The standard InChI is InChI=1S/C16H20BrN3OS/c1-18-16(20-11-14-7-8-15(17)22-14)19-10-9-12-3-5-13(21-2)6-4-12/h3-8H,9-11H2,1-2H3,(H2,18,19,20). The zero-order chi connectivity index (χ0) is 15.8. The molecule has 0 unspecified atom stereocenters. The molecule has 0 saturated carbocycles. The van der Waals surface area contributed by atoms with E-state index in [1.165, 1.54) is 10.4 Å². The van der Waals surface area contributed by atoms with Gasteiger partial charge in [0.15, 0.2) is 5.96 Å². The fourth-order valence-corrected chi connectivity index (χ4v) is 3.38. The number of methoxy groups -OCH3 is 1. The third-order valence-electron chi connectivity index (χ3n) is 3.15. The molecular weight excluding hydrogens is 362 g/mol. The molecule has 1 aromatic heterocycles. The summed E-state index contributed by atoms with van der Waals surface area (Å²) in [6, 6.07) is 12.3. The smallest absolute Gasteiger partial charge is 0.191 e. The average molecular weight is 382 g/mol. The molecule has 2 aromatic rings. The van der Waals surface area contributed by atoms with Gasteiger partial charge in [-0.15, -0.1) is 11.3 Å². The number of guanidine groups is 1. The van der Waals surface area contributed by atoms with Gasteiger partial charge in [0.2, 0.25) is 0 Å². The quantitative estimate of drug-likeness (QED) is 0.595. The topological polar surface area (TPSA) is 45.7 Å². The van der Waals surface area contributed by atoms with Crippen LogP contribution in [0.25, 0.3) is 0 Å². The summed E-state index contributed by atoms with van der Waals surface area (Å²) in [7, 11) is 3.46. The van der Waals surface area contributed by atoms with E-state index in [2.05, 4.69) is 55.8 Å². The van der Waals surface area contributed by atoms with Gasteiger partial charge < -0.3 is 15.4 Å². The van der Waals surface area contributed by atoms with Crippen molar-refractivity contribution in [3.63, 3.8) is 0 Å². The van der Waals surface area contributed by atoms with Gasteiger partial charge in [-0.25, -0.2) is 0 Å². The minimum atomic E-state index is 0.776. The van der Waals surface area contributed by atoms with Crippen LogP contribution in [-0.4, -0.2) is 26.7 Å². The van der Waals surface area contributed by atoms with Crippen LogP contribution in [0.15, 0.2) is 45.2 Å².